The van der Waals surface area contributed by atoms with Crippen molar-refractivity contribution >= 4 is 61.7 Å². The molecule has 0 radical (unpaired) electrons. The van der Waals surface area contributed by atoms with Gasteiger partial charge in [0.1, 0.15) is 17.3 Å². The maximum absolute atomic E-state index is 9.87. The molecule has 348 valence electrons. The minimum absolute atomic E-state index is 0.113. The van der Waals surface area contributed by atoms with Crippen molar-refractivity contribution in [1.82, 2.24) is 14.1 Å². The minimum atomic E-state index is -6.05. The molecule has 0 amide bonds. The van der Waals surface area contributed by atoms with E-state index in [1.165, 1.54) is 22.9 Å². The van der Waals surface area contributed by atoms with E-state index < -0.39 is 174 Å². The second-order valence-corrected chi connectivity index (χ2v) is 21.4. The van der Waals surface area contributed by atoms with E-state index in [9.17, 15) is 16.4 Å². The summed E-state index contributed by atoms with van der Waals surface area (Å²) in [7, 11) is -6.05. The first kappa shape index (κ1) is 24.5. The average molecular weight is 973 g/mol. The van der Waals surface area contributed by atoms with E-state index >= 15 is 0 Å². The monoisotopic (exact) mass is 973 g/mol. The number of imidazole rings is 1. The highest BCUT2D eigenvalue weighted by molar-refractivity contribution is 7.20. The lowest BCUT2D eigenvalue weighted by molar-refractivity contribution is -0.572. The number of aryl methyl sites for hydroxylation is 2. The Bertz CT molecular complexity index is 5140. The van der Waals surface area contributed by atoms with Gasteiger partial charge in [-0.3, -0.25) is 13.7 Å². The van der Waals surface area contributed by atoms with Crippen molar-refractivity contribution in [2.75, 3.05) is 0 Å². The molecule has 0 aliphatic rings. The van der Waals surface area contributed by atoms with E-state index in [4.69, 9.17) is 23.9 Å². The largest absolute Gasteiger partial charge is 0.458 e. The van der Waals surface area contributed by atoms with Crippen LogP contribution in [0.25, 0.3) is 61.2 Å². The highest BCUT2D eigenvalue weighted by Gasteiger charge is 2.44. The zero-order valence-corrected chi connectivity index (χ0v) is 39.7. The third-order valence-corrected chi connectivity index (χ3v) is 16.8. The number of benzene rings is 9. The van der Waals surface area contributed by atoms with Gasteiger partial charge in [0.2, 0.25) is 0 Å². The van der Waals surface area contributed by atoms with Crippen LogP contribution in [-0.4, -0.2) is 22.2 Å². The molecule has 0 saturated carbocycles. The lowest BCUT2D eigenvalue weighted by Crippen LogP contribution is -2.76. The zero-order chi connectivity index (χ0) is 71.4. The van der Waals surface area contributed by atoms with Crippen LogP contribution in [-0.2, 0) is 5.41 Å². The molecule has 6 heteroatoms. The summed E-state index contributed by atoms with van der Waals surface area (Å²) < 4.78 is 248. The van der Waals surface area contributed by atoms with Crippen molar-refractivity contribution in [2.24, 2.45) is 0 Å². The molecule has 0 aliphatic carbocycles. The third-order valence-electron chi connectivity index (χ3n) is 12.6. The van der Waals surface area contributed by atoms with E-state index in [-0.39, 0.29) is 50.8 Å². The summed E-state index contributed by atoms with van der Waals surface area (Å²) in [5.41, 5.74) is -0.425. The SMILES string of the molecule is [2H]c1c([2H])c([2H])c(-c2cnc(-n3c4ccccc4c4ccc(Oc5cccc(-n6[c-][n+](-c7c(C(C)(C)C)cc(C([2H])([2H])[2H])cc7[Si](c7c([2H])c([2H])c([2H])c([2H])c7[2H])(c7c([2H])c([2H])c([2H])c([2H])c7[2H])c7c([2H])c([2H])c([2H])c([2H])c7[2H])c7ccccc76)c5)cc43)cc2C([2H])([2H])[2H])c([2H])c1[2H]. The molecule has 0 N–H and O–H groups in total. The van der Waals surface area contributed by atoms with Crippen molar-refractivity contribution < 1.29 is 44.9 Å². The van der Waals surface area contributed by atoms with E-state index in [1.54, 1.807) is 103 Å². The van der Waals surface area contributed by atoms with E-state index in [0.29, 0.717) is 27.6 Å². The average Bonchev–Trinajstić information content (AvgIpc) is 0.716. The maximum atomic E-state index is 9.87. The van der Waals surface area contributed by atoms with Crippen LogP contribution in [0.3, 0.4) is 0 Å². The van der Waals surface area contributed by atoms with Crippen LogP contribution in [0.15, 0.2) is 236 Å². The number of hydrogen-bond acceptors (Lipinski definition) is 2. The maximum Gasteiger partial charge on any atom is 0.269 e. The fraction of sp³-hybridized carbons (Fsp3) is 0.0909. The highest BCUT2D eigenvalue weighted by atomic mass is 28.3. The second-order valence-electron chi connectivity index (χ2n) is 17.9. The lowest BCUT2D eigenvalue weighted by Gasteiger charge is -2.38. The van der Waals surface area contributed by atoms with Gasteiger partial charge in [-0.2, -0.15) is 0 Å². The number of rotatable bonds is 10. The Balaban J connectivity index is 1.13. The molecule has 9 aromatic carbocycles. The molecule has 72 heavy (non-hydrogen) atoms. The summed E-state index contributed by atoms with van der Waals surface area (Å²) in [6.45, 7) is -0.820. The molecule has 0 unspecified atom stereocenters. The molecule has 0 bridgehead atoms. The number of hydrogen-bond donors (Lipinski definition) is 0. The molecule has 0 spiro atoms. The summed E-state index contributed by atoms with van der Waals surface area (Å²) in [5.74, 6) is 0.618. The van der Waals surface area contributed by atoms with Gasteiger partial charge >= 0.3 is 0 Å². The van der Waals surface area contributed by atoms with E-state index in [2.05, 4.69) is 11.3 Å². The molecule has 3 aromatic heterocycles. The predicted molar refractivity (Wildman–Crippen MR) is 300 cm³/mol. The van der Waals surface area contributed by atoms with Crippen LogP contribution >= 0.6 is 0 Å². The van der Waals surface area contributed by atoms with Gasteiger partial charge in [0.05, 0.1) is 60.9 Å². The molecule has 0 saturated heterocycles. The van der Waals surface area contributed by atoms with Gasteiger partial charge in [0, 0.05) is 36.8 Å². The van der Waals surface area contributed by atoms with Crippen LogP contribution in [0, 0.1) is 20.0 Å². The number of aromatic nitrogens is 4. The van der Waals surface area contributed by atoms with Gasteiger partial charge in [0.25, 0.3) is 6.33 Å². The summed E-state index contributed by atoms with van der Waals surface area (Å²) in [6.07, 6.45) is 4.59. The van der Waals surface area contributed by atoms with Gasteiger partial charge in [-0.25, -0.2) is 4.98 Å². The number of nitrogens with zero attached hydrogens (tertiary/aromatic N) is 4. The normalized spacial score (nSPS) is 17.4. The lowest BCUT2D eigenvalue weighted by atomic mass is 9.84. The van der Waals surface area contributed by atoms with Crippen molar-refractivity contribution in [2.45, 2.75) is 39.9 Å². The first-order chi connectivity index (χ1) is 45.9. The summed E-state index contributed by atoms with van der Waals surface area (Å²) in [6, 6.07) is 11.4. The van der Waals surface area contributed by atoms with Crippen molar-refractivity contribution in [3.05, 3.63) is 259 Å². The van der Waals surface area contributed by atoms with Gasteiger partial charge in [-0.15, -0.1) is 0 Å². The van der Waals surface area contributed by atoms with Crippen molar-refractivity contribution in [3.8, 4) is 39.8 Å². The smallest absolute Gasteiger partial charge is 0.269 e. The van der Waals surface area contributed by atoms with Crippen molar-refractivity contribution in [1.29, 1.82) is 0 Å². The van der Waals surface area contributed by atoms with Gasteiger partial charge in [-0.1, -0.05) is 208 Å². The zero-order valence-electron chi connectivity index (χ0n) is 64.7. The molecular formula is C66H54N4OSi. The van der Waals surface area contributed by atoms with E-state index in [0.717, 1.165) is 11.5 Å². The Kier molecular flexibility index (Phi) is 6.12. The van der Waals surface area contributed by atoms with E-state index in [1.807, 2.05) is 18.2 Å². The van der Waals surface area contributed by atoms with Gasteiger partial charge in [0.15, 0.2) is 8.07 Å². The van der Waals surface area contributed by atoms with Crippen LogP contribution in [0.4, 0.5) is 0 Å². The van der Waals surface area contributed by atoms with Crippen LogP contribution < -0.4 is 30.1 Å². The van der Waals surface area contributed by atoms with Crippen molar-refractivity contribution in [3.63, 3.8) is 0 Å². The molecule has 0 aliphatic heterocycles. The first-order valence-corrected chi connectivity index (χ1v) is 24.6. The quantitative estimate of drug-likeness (QED) is 0.0592. The number of pyridine rings is 1. The molecule has 5 nitrogen and oxygen atoms in total. The minimum Gasteiger partial charge on any atom is -0.458 e. The Labute approximate surface area is 459 Å². The molecule has 0 fully saturated rings. The topological polar surface area (TPSA) is 35.9 Å². The standard InChI is InChI=1S/C66H54N4OSi/c1-46-39-58(66(3,4)5)65(63(40-46)72(52-27-12-7-13-28-52,53-29-14-8-15-30-53)54-31-16-9-17-32-54)69-45-68(60-35-20-21-36-61(60)69)49-25-22-26-50(42-49)71-51-37-38-56-55-33-18-19-34-59(55)70(62(56)43-51)64-41-47(2)57(44-67-64)48-23-10-6-11-24-48/h6-44H,1-5H3/i1D3,2D3,6D,7D,8D,9D,10D,11D,12D,13D,14D,15D,16D,17D,23D,24D,27D,28D,29D,30D,31D,32D. The highest BCUT2D eigenvalue weighted by Crippen LogP contribution is 2.37. The summed E-state index contributed by atoms with van der Waals surface area (Å²) >= 11 is 0. The number of fused-ring (bicyclic) bond motifs is 4. The van der Waals surface area contributed by atoms with Gasteiger partial charge in [-0.05, 0) is 99.0 Å². The van der Waals surface area contributed by atoms with Crippen LogP contribution in [0.2, 0.25) is 0 Å². The predicted octanol–water partition coefficient (Wildman–Crippen LogP) is 13.0. The third kappa shape index (κ3) is 7.63. The molecule has 12 rings (SSSR count). The van der Waals surface area contributed by atoms with Crippen LogP contribution in [0.1, 0.15) is 73.1 Å². The molecular weight excluding hydrogens is 893 g/mol. The molecule has 0 atom stereocenters. The Morgan fingerprint density at radius 2 is 1.22 bits per heavy atom. The molecule has 3 heterocycles. The fourth-order valence-electron chi connectivity index (χ4n) is 9.48. The summed E-state index contributed by atoms with van der Waals surface area (Å²) in [4.78, 5) is 4.68. The first-order valence-electron chi connectivity index (χ1n) is 35.6. The summed E-state index contributed by atoms with van der Waals surface area (Å²) in [5, 5.41) is -1.44. The molecule has 12 aromatic rings. The Hall–Kier alpha value is -8.58. The van der Waals surface area contributed by atoms with Gasteiger partial charge < -0.3 is 4.74 Å². The Morgan fingerprint density at radius 1 is 0.597 bits per heavy atom. The fourth-order valence-corrected chi connectivity index (χ4v) is 13.5. The second kappa shape index (κ2) is 18.0. The number of para-hydroxylation sites is 3. The number of ether oxygens (including phenoxy) is 1. The Morgan fingerprint density at radius 3 is 1.89 bits per heavy atom. The van der Waals surface area contributed by atoms with Crippen LogP contribution in [0.5, 0.6) is 11.5 Å².